The van der Waals surface area contributed by atoms with E-state index in [1.807, 2.05) is 31.7 Å². The molecule has 2 amide bonds. The maximum Gasteiger partial charge on any atom is 0.407 e. The Bertz CT molecular complexity index is 429. The number of ether oxygens (including phenoxy) is 2. The molecule has 1 N–H and O–H groups in total. The van der Waals surface area contributed by atoms with E-state index in [0.717, 1.165) is 38.1 Å². The van der Waals surface area contributed by atoms with E-state index in [2.05, 4.69) is 11.9 Å². The molecule has 1 aliphatic rings. The van der Waals surface area contributed by atoms with E-state index < -0.39 is 11.7 Å². The van der Waals surface area contributed by atoms with Crippen LogP contribution >= 0.6 is 11.8 Å². The normalized spacial score (nSPS) is 15.7. The summed E-state index contributed by atoms with van der Waals surface area (Å²) in [5.41, 5.74) is -0.476. The summed E-state index contributed by atoms with van der Waals surface area (Å²) >= 11 is 1.60. The average molecular weight is 373 g/mol. The number of hydrogen-bond donors (Lipinski definition) is 1. The average Bonchev–Trinajstić information content (AvgIpc) is 2.53. The standard InChI is InChI=1S/C18H32N2O4S/c1-5-13-25-14-16(21)20-10-7-15(8-11-20)23-12-6-9-19-17(22)24-18(2,3)4/h5,15H,1,6-14H2,2-4H3,(H,19,22). The minimum Gasteiger partial charge on any atom is -0.444 e. The highest BCUT2D eigenvalue weighted by Crippen LogP contribution is 2.15. The fourth-order valence-corrected chi connectivity index (χ4v) is 3.06. The lowest BCUT2D eigenvalue weighted by Crippen LogP contribution is -2.42. The van der Waals surface area contributed by atoms with Crippen LogP contribution in [-0.4, -0.2) is 66.4 Å². The van der Waals surface area contributed by atoms with Crippen molar-refractivity contribution in [1.82, 2.24) is 10.2 Å². The SMILES string of the molecule is C=CCSCC(=O)N1CCC(OCCCNC(=O)OC(C)(C)C)CC1. The van der Waals surface area contributed by atoms with Gasteiger partial charge in [0.25, 0.3) is 0 Å². The molecule has 1 saturated heterocycles. The second-order valence-corrected chi connectivity index (χ2v) is 8.07. The molecule has 1 heterocycles. The fraction of sp³-hybridized carbons (Fsp3) is 0.778. The van der Waals surface area contributed by atoms with Gasteiger partial charge in [-0.25, -0.2) is 4.79 Å². The van der Waals surface area contributed by atoms with Crippen LogP contribution in [0.3, 0.4) is 0 Å². The molecule has 144 valence electrons. The summed E-state index contributed by atoms with van der Waals surface area (Å²) in [4.78, 5) is 25.4. The molecule has 0 unspecified atom stereocenters. The monoisotopic (exact) mass is 372 g/mol. The van der Waals surface area contributed by atoms with Gasteiger partial charge in [0.05, 0.1) is 11.9 Å². The van der Waals surface area contributed by atoms with Crippen LogP contribution < -0.4 is 5.32 Å². The minimum absolute atomic E-state index is 0.200. The molecule has 1 fully saturated rings. The van der Waals surface area contributed by atoms with Gasteiger partial charge in [-0.15, -0.1) is 18.3 Å². The van der Waals surface area contributed by atoms with Crippen molar-refractivity contribution in [2.45, 2.75) is 51.7 Å². The van der Waals surface area contributed by atoms with Gasteiger partial charge in [0.2, 0.25) is 5.91 Å². The van der Waals surface area contributed by atoms with Gasteiger partial charge in [0.15, 0.2) is 0 Å². The third kappa shape index (κ3) is 10.4. The maximum atomic E-state index is 12.0. The zero-order valence-corrected chi connectivity index (χ0v) is 16.5. The number of amides is 2. The highest BCUT2D eigenvalue weighted by atomic mass is 32.2. The van der Waals surface area contributed by atoms with Crippen LogP contribution in [-0.2, 0) is 14.3 Å². The molecule has 0 aromatic rings. The molecule has 0 bridgehead atoms. The highest BCUT2D eigenvalue weighted by Gasteiger charge is 2.22. The summed E-state index contributed by atoms with van der Waals surface area (Å²) in [6.45, 7) is 11.8. The van der Waals surface area contributed by atoms with Crippen LogP contribution in [0.25, 0.3) is 0 Å². The summed E-state index contributed by atoms with van der Waals surface area (Å²) in [7, 11) is 0. The van der Waals surface area contributed by atoms with Crippen molar-refractivity contribution in [3.05, 3.63) is 12.7 Å². The third-order valence-electron chi connectivity index (χ3n) is 3.60. The molecule has 0 spiro atoms. The minimum atomic E-state index is -0.476. The van der Waals surface area contributed by atoms with Crippen molar-refractivity contribution in [2.24, 2.45) is 0 Å². The summed E-state index contributed by atoms with van der Waals surface area (Å²) < 4.78 is 11.0. The predicted molar refractivity (Wildman–Crippen MR) is 102 cm³/mol. The largest absolute Gasteiger partial charge is 0.444 e. The van der Waals surface area contributed by atoms with E-state index in [9.17, 15) is 9.59 Å². The number of piperidine rings is 1. The number of thioether (sulfide) groups is 1. The molecule has 25 heavy (non-hydrogen) atoms. The van der Waals surface area contributed by atoms with Gasteiger partial charge in [0, 0.05) is 32.0 Å². The Morgan fingerprint density at radius 2 is 2.00 bits per heavy atom. The first-order valence-corrected chi connectivity index (χ1v) is 10.0. The van der Waals surface area contributed by atoms with E-state index in [4.69, 9.17) is 9.47 Å². The number of nitrogens with one attached hydrogen (secondary N) is 1. The lowest BCUT2D eigenvalue weighted by Gasteiger charge is -2.32. The molecule has 0 atom stereocenters. The van der Waals surface area contributed by atoms with Crippen LogP contribution in [0.2, 0.25) is 0 Å². The van der Waals surface area contributed by atoms with Crippen molar-refractivity contribution in [3.8, 4) is 0 Å². The Hall–Kier alpha value is -1.21. The molecule has 6 nitrogen and oxygen atoms in total. The third-order valence-corrected chi connectivity index (χ3v) is 4.52. The predicted octanol–water partition coefficient (Wildman–Crippen LogP) is 2.83. The van der Waals surface area contributed by atoms with Crippen molar-refractivity contribution in [2.75, 3.05) is 37.7 Å². The second-order valence-electron chi connectivity index (χ2n) is 7.04. The van der Waals surface area contributed by atoms with Gasteiger partial charge >= 0.3 is 6.09 Å². The van der Waals surface area contributed by atoms with E-state index in [1.165, 1.54) is 0 Å². The van der Waals surface area contributed by atoms with Crippen LogP contribution in [0.1, 0.15) is 40.0 Å². The number of rotatable bonds is 9. The number of hydrogen-bond acceptors (Lipinski definition) is 5. The fourth-order valence-electron chi connectivity index (χ4n) is 2.42. The van der Waals surface area contributed by atoms with Crippen LogP contribution in [0.5, 0.6) is 0 Å². The quantitative estimate of drug-likeness (QED) is 0.498. The number of likely N-dealkylation sites (tertiary alicyclic amines) is 1. The summed E-state index contributed by atoms with van der Waals surface area (Å²) in [6, 6.07) is 0. The zero-order chi connectivity index (χ0) is 18.7. The van der Waals surface area contributed by atoms with Crippen molar-refractivity contribution >= 4 is 23.8 Å². The first-order valence-electron chi connectivity index (χ1n) is 8.86. The van der Waals surface area contributed by atoms with E-state index in [1.54, 1.807) is 11.8 Å². The smallest absolute Gasteiger partial charge is 0.407 e. The maximum absolute atomic E-state index is 12.0. The molecule has 0 aromatic carbocycles. The van der Waals surface area contributed by atoms with Gasteiger partial charge in [-0.05, 0) is 40.0 Å². The highest BCUT2D eigenvalue weighted by molar-refractivity contribution is 8.00. The first-order chi connectivity index (χ1) is 11.8. The number of carbonyl (C=O) groups excluding carboxylic acids is 2. The molecule has 0 aliphatic carbocycles. The van der Waals surface area contributed by atoms with Crippen molar-refractivity contribution in [1.29, 1.82) is 0 Å². The summed E-state index contributed by atoms with van der Waals surface area (Å²) in [6.07, 6.45) is 4.11. The Morgan fingerprint density at radius 3 is 2.60 bits per heavy atom. The molecule has 0 saturated carbocycles. The summed E-state index contributed by atoms with van der Waals surface area (Å²) in [5.74, 6) is 1.53. The van der Waals surface area contributed by atoms with Gasteiger partial charge in [-0.1, -0.05) is 6.08 Å². The van der Waals surface area contributed by atoms with Gasteiger partial charge in [0.1, 0.15) is 5.60 Å². The topological polar surface area (TPSA) is 67.9 Å². The molecule has 1 rings (SSSR count). The second kappa shape index (κ2) is 11.4. The van der Waals surface area contributed by atoms with Crippen LogP contribution in [0.4, 0.5) is 4.79 Å². The lowest BCUT2D eigenvalue weighted by molar-refractivity contribution is -0.130. The summed E-state index contributed by atoms with van der Waals surface area (Å²) in [5, 5.41) is 2.72. The van der Waals surface area contributed by atoms with E-state index in [0.29, 0.717) is 18.9 Å². The Kier molecular flexibility index (Phi) is 9.97. The van der Waals surface area contributed by atoms with E-state index in [-0.39, 0.29) is 12.0 Å². The Balaban J connectivity index is 2.06. The molecular formula is C18H32N2O4S. The zero-order valence-electron chi connectivity index (χ0n) is 15.7. The molecular weight excluding hydrogens is 340 g/mol. The number of nitrogens with zero attached hydrogens (tertiary/aromatic N) is 1. The van der Waals surface area contributed by atoms with E-state index >= 15 is 0 Å². The van der Waals surface area contributed by atoms with Crippen LogP contribution in [0, 0.1) is 0 Å². The lowest BCUT2D eigenvalue weighted by atomic mass is 10.1. The van der Waals surface area contributed by atoms with Gasteiger partial charge in [-0.3, -0.25) is 4.79 Å². The Labute approximate surface area is 155 Å². The number of alkyl carbamates (subject to hydrolysis) is 1. The first kappa shape index (κ1) is 21.8. The number of carbonyl (C=O) groups is 2. The molecule has 1 aliphatic heterocycles. The van der Waals surface area contributed by atoms with Crippen molar-refractivity contribution in [3.63, 3.8) is 0 Å². The van der Waals surface area contributed by atoms with Gasteiger partial charge in [-0.2, -0.15) is 0 Å². The van der Waals surface area contributed by atoms with Crippen LogP contribution in [0.15, 0.2) is 12.7 Å². The molecule has 7 heteroatoms. The van der Waals surface area contributed by atoms with Crippen molar-refractivity contribution < 1.29 is 19.1 Å². The van der Waals surface area contributed by atoms with Gasteiger partial charge < -0.3 is 19.7 Å². The molecule has 0 aromatic heterocycles. The Morgan fingerprint density at radius 1 is 1.32 bits per heavy atom. The molecule has 0 radical (unpaired) electrons.